The molecule has 6 heteroatoms. The van der Waals surface area contributed by atoms with Crippen molar-refractivity contribution in [2.75, 3.05) is 5.32 Å². The first-order valence-electron chi connectivity index (χ1n) is 7.69. The summed E-state index contributed by atoms with van der Waals surface area (Å²) in [6, 6.07) is 6.03. The van der Waals surface area contributed by atoms with Gasteiger partial charge >= 0.3 is 0 Å². The molecule has 1 amide bonds. The topological polar surface area (TPSA) is 68.0 Å². The minimum Gasteiger partial charge on any atom is -0.320 e. The quantitative estimate of drug-likeness (QED) is 0.883. The zero-order valence-corrected chi connectivity index (χ0v) is 15.0. The lowest BCUT2D eigenvalue weighted by molar-refractivity contribution is -0.118. The molecule has 0 saturated heterocycles. The van der Waals surface area contributed by atoms with Crippen LogP contribution in [0.15, 0.2) is 23.6 Å². The van der Waals surface area contributed by atoms with Gasteiger partial charge in [-0.3, -0.25) is 4.79 Å². The van der Waals surface area contributed by atoms with Crippen LogP contribution in [0.25, 0.3) is 11.3 Å². The van der Waals surface area contributed by atoms with Crippen LogP contribution in [-0.2, 0) is 17.6 Å². The molecule has 1 aromatic carbocycles. The Hall–Kier alpha value is -1.43. The summed E-state index contributed by atoms with van der Waals surface area (Å²) < 4.78 is 0. The summed E-state index contributed by atoms with van der Waals surface area (Å²) in [6.45, 7) is 3.87. The Bertz CT molecular complexity index is 699. The third-order valence-electron chi connectivity index (χ3n) is 4.15. The summed E-state index contributed by atoms with van der Waals surface area (Å²) >= 11 is 1.44. The number of aryl methyl sites for hydroxylation is 2. The molecule has 23 heavy (non-hydrogen) atoms. The van der Waals surface area contributed by atoms with Crippen LogP contribution in [0.4, 0.5) is 5.13 Å². The monoisotopic (exact) mass is 351 g/mol. The third kappa shape index (κ3) is 3.91. The summed E-state index contributed by atoms with van der Waals surface area (Å²) in [4.78, 5) is 16.5. The van der Waals surface area contributed by atoms with Crippen LogP contribution in [-0.4, -0.2) is 16.9 Å². The van der Waals surface area contributed by atoms with Gasteiger partial charge in [-0.15, -0.1) is 23.7 Å². The highest BCUT2D eigenvalue weighted by Gasteiger charge is 2.19. The van der Waals surface area contributed by atoms with Gasteiger partial charge in [0.15, 0.2) is 5.13 Å². The summed E-state index contributed by atoms with van der Waals surface area (Å²) in [6.07, 6.45) is 3.57. The second kappa shape index (κ2) is 7.43. The van der Waals surface area contributed by atoms with Gasteiger partial charge < -0.3 is 11.1 Å². The number of carbonyl (C=O) groups excluding carboxylic acids is 1. The minimum absolute atomic E-state index is 0. The van der Waals surface area contributed by atoms with Gasteiger partial charge in [0, 0.05) is 10.9 Å². The predicted octanol–water partition coefficient (Wildman–Crippen LogP) is 3.64. The Labute approximate surface area is 146 Å². The van der Waals surface area contributed by atoms with Crippen LogP contribution in [0.2, 0.25) is 0 Å². The van der Waals surface area contributed by atoms with E-state index >= 15 is 0 Å². The van der Waals surface area contributed by atoms with Crippen molar-refractivity contribution in [3.63, 3.8) is 0 Å². The van der Waals surface area contributed by atoms with Crippen molar-refractivity contribution in [3.8, 4) is 11.3 Å². The molecular weight excluding hydrogens is 330 g/mol. The van der Waals surface area contributed by atoms with Gasteiger partial charge in [0.2, 0.25) is 5.91 Å². The number of nitrogens with one attached hydrogen (secondary N) is 1. The molecule has 0 aliphatic heterocycles. The molecule has 0 bridgehead atoms. The summed E-state index contributed by atoms with van der Waals surface area (Å²) in [5, 5.41) is 5.40. The molecule has 0 spiro atoms. The number of halogens is 1. The van der Waals surface area contributed by atoms with Crippen LogP contribution in [0, 0.1) is 5.92 Å². The van der Waals surface area contributed by atoms with E-state index < -0.39 is 6.04 Å². The van der Waals surface area contributed by atoms with Crippen LogP contribution in [0.1, 0.15) is 31.4 Å². The molecule has 0 radical (unpaired) electrons. The van der Waals surface area contributed by atoms with Gasteiger partial charge in [-0.25, -0.2) is 4.98 Å². The maximum absolute atomic E-state index is 12.0. The summed E-state index contributed by atoms with van der Waals surface area (Å²) in [5.41, 5.74) is 10.8. The standard InChI is InChI=1S/C17H21N3OS.ClH/c1-10(2)15(18)16(21)20-17-19-14(9-22-17)13-7-6-11-4-3-5-12(11)8-13;/h6-10,15H,3-5,18H2,1-2H3,(H,19,20,21);1H/t15-;/m0./s1. The summed E-state index contributed by atoms with van der Waals surface area (Å²) in [5.74, 6) is -0.0685. The molecule has 124 valence electrons. The number of anilines is 1. The third-order valence-corrected chi connectivity index (χ3v) is 4.91. The SMILES string of the molecule is CC(C)[C@H](N)C(=O)Nc1nc(-c2ccc3c(c2)CCC3)cs1.Cl. The van der Waals surface area contributed by atoms with Gasteiger partial charge in [-0.05, 0) is 42.4 Å². The van der Waals surface area contributed by atoms with E-state index in [1.165, 1.54) is 35.3 Å². The number of rotatable bonds is 4. The number of thiazole rings is 1. The maximum Gasteiger partial charge on any atom is 0.243 e. The normalized spacial score (nSPS) is 14.3. The van der Waals surface area contributed by atoms with E-state index in [9.17, 15) is 4.79 Å². The Kier molecular flexibility index (Phi) is 5.79. The smallest absolute Gasteiger partial charge is 0.243 e. The zero-order valence-electron chi connectivity index (χ0n) is 13.3. The zero-order chi connectivity index (χ0) is 15.7. The first kappa shape index (κ1) is 17.9. The van der Waals surface area contributed by atoms with Gasteiger partial charge in [0.05, 0.1) is 11.7 Å². The van der Waals surface area contributed by atoms with Crippen LogP contribution >= 0.6 is 23.7 Å². The first-order chi connectivity index (χ1) is 10.5. The van der Waals surface area contributed by atoms with E-state index in [2.05, 4.69) is 28.5 Å². The van der Waals surface area contributed by atoms with Gasteiger partial charge in [0.25, 0.3) is 0 Å². The molecule has 1 heterocycles. The van der Waals surface area contributed by atoms with Crippen molar-refractivity contribution >= 4 is 34.8 Å². The van der Waals surface area contributed by atoms with Gasteiger partial charge in [0.1, 0.15) is 0 Å². The lowest BCUT2D eigenvalue weighted by Crippen LogP contribution is -2.39. The second-order valence-corrected chi connectivity index (χ2v) is 6.99. The van der Waals surface area contributed by atoms with E-state index in [4.69, 9.17) is 5.73 Å². The Morgan fingerprint density at radius 1 is 1.30 bits per heavy atom. The van der Waals surface area contributed by atoms with E-state index in [0.717, 1.165) is 17.7 Å². The lowest BCUT2D eigenvalue weighted by atomic mass is 10.1. The highest BCUT2D eigenvalue weighted by atomic mass is 35.5. The van der Waals surface area contributed by atoms with E-state index in [-0.39, 0.29) is 24.2 Å². The largest absolute Gasteiger partial charge is 0.320 e. The highest BCUT2D eigenvalue weighted by Crippen LogP contribution is 2.30. The molecule has 1 aromatic heterocycles. The molecule has 4 nitrogen and oxygen atoms in total. The molecule has 2 aromatic rings. The molecule has 3 rings (SSSR count). The number of fused-ring (bicyclic) bond motifs is 1. The van der Waals surface area contributed by atoms with E-state index in [1.54, 1.807) is 0 Å². The number of nitrogens with zero attached hydrogens (tertiary/aromatic N) is 1. The number of carbonyl (C=O) groups is 1. The average molecular weight is 352 g/mol. The van der Waals surface area contributed by atoms with Gasteiger partial charge in [-0.2, -0.15) is 0 Å². The molecule has 1 aliphatic carbocycles. The molecule has 3 N–H and O–H groups in total. The maximum atomic E-state index is 12.0. The highest BCUT2D eigenvalue weighted by molar-refractivity contribution is 7.14. The number of hydrogen-bond acceptors (Lipinski definition) is 4. The van der Waals surface area contributed by atoms with Crippen molar-refractivity contribution < 1.29 is 4.79 Å². The van der Waals surface area contributed by atoms with Crippen molar-refractivity contribution in [3.05, 3.63) is 34.7 Å². The van der Waals surface area contributed by atoms with Crippen LogP contribution in [0.5, 0.6) is 0 Å². The average Bonchev–Trinajstić information content (AvgIpc) is 3.13. The second-order valence-electron chi connectivity index (χ2n) is 6.13. The number of amides is 1. The first-order valence-corrected chi connectivity index (χ1v) is 8.56. The number of benzene rings is 1. The fourth-order valence-electron chi connectivity index (χ4n) is 2.69. The molecule has 1 aliphatic rings. The molecule has 0 fully saturated rings. The Morgan fingerprint density at radius 2 is 2.04 bits per heavy atom. The number of hydrogen-bond donors (Lipinski definition) is 2. The van der Waals surface area contributed by atoms with Crippen molar-refractivity contribution in [2.24, 2.45) is 11.7 Å². The Morgan fingerprint density at radius 3 is 2.78 bits per heavy atom. The number of aromatic nitrogens is 1. The molecule has 0 unspecified atom stereocenters. The molecule has 0 saturated carbocycles. The van der Waals surface area contributed by atoms with Crippen molar-refractivity contribution in [1.29, 1.82) is 0 Å². The summed E-state index contributed by atoms with van der Waals surface area (Å²) in [7, 11) is 0. The Balaban J connectivity index is 0.00000192. The van der Waals surface area contributed by atoms with Crippen LogP contribution in [0.3, 0.4) is 0 Å². The minimum atomic E-state index is -0.507. The fourth-order valence-corrected chi connectivity index (χ4v) is 3.41. The van der Waals surface area contributed by atoms with Crippen molar-refractivity contribution in [1.82, 2.24) is 4.98 Å². The fraction of sp³-hybridized carbons (Fsp3) is 0.412. The lowest BCUT2D eigenvalue weighted by Gasteiger charge is -2.13. The van der Waals surface area contributed by atoms with Crippen molar-refractivity contribution in [2.45, 2.75) is 39.2 Å². The van der Waals surface area contributed by atoms with Gasteiger partial charge in [-0.1, -0.05) is 26.0 Å². The predicted molar refractivity (Wildman–Crippen MR) is 98.3 cm³/mol. The molecular formula is C17H22ClN3OS. The number of nitrogens with two attached hydrogens (primary N) is 1. The molecule has 1 atom stereocenters. The van der Waals surface area contributed by atoms with E-state index in [0.29, 0.717) is 5.13 Å². The van der Waals surface area contributed by atoms with Crippen LogP contribution < -0.4 is 11.1 Å². The van der Waals surface area contributed by atoms with E-state index in [1.807, 2.05) is 19.2 Å².